The molecule has 2 rings (SSSR count). The van der Waals surface area contributed by atoms with E-state index in [1.54, 1.807) is 26.1 Å². The van der Waals surface area contributed by atoms with Crippen molar-refractivity contribution >= 4 is 33.5 Å². The lowest BCUT2D eigenvalue weighted by Gasteiger charge is -2.08. The van der Waals surface area contributed by atoms with Crippen LogP contribution in [0.25, 0.3) is 10.9 Å². The standard InChI is InChI=1S/C12H14N4O5S/c1-7-3-4-10(21-22(18,19)20)11-8(7)5-9(16(11)2)12(17)14-6-15-13/h3-6H,13H2,1-2H3,(H,14,15,17)(H,18,19,20). The molecular formula is C12H14N4O5S. The number of nitrogens with two attached hydrogens (primary N) is 1. The molecule has 0 bridgehead atoms. The van der Waals surface area contributed by atoms with Gasteiger partial charge in [0.2, 0.25) is 0 Å². The second-order valence-electron chi connectivity index (χ2n) is 4.49. The minimum absolute atomic E-state index is 0.0860. The molecule has 0 unspecified atom stereocenters. The van der Waals surface area contributed by atoms with Crippen LogP contribution < -0.4 is 15.3 Å². The van der Waals surface area contributed by atoms with Crippen molar-refractivity contribution < 1.29 is 21.9 Å². The van der Waals surface area contributed by atoms with Gasteiger partial charge in [-0.05, 0) is 24.6 Å². The van der Waals surface area contributed by atoms with Crippen molar-refractivity contribution in [2.45, 2.75) is 6.92 Å². The Balaban J connectivity index is 2.65. The molecule has 1 heterocycles. The maximum atomic E-state index is 12.0. The van der Waals surface area contributed by atoms with Crippen LogP contribution in [0.1, 0.15) is 16.1 Å². The van der Waals surface area contributed by atoms with E-state index in [0.717, 1.165) is 11.9 Å². The topological polar surface area (TPSA) is 136 Å². The van der Waals surface area contributed by atoms with E-state index in [1.165, 1.54) is 10.6 Å². The van der Waals surface area contributed by atoms with Crippen molar-refractivity contribution in [3.05, 3.63) is 29.5 Å². The Kier molecular flexibility index (Phi) is 4.06. The summed E-state index contributed by atoms with van der Waals surface area (Å²) in [6, 6.07) is 4.58. The number of hydrogen-bond donors (Lipinski definition) is 3. The fourth-order valence-electron chi connectivity index (χ4n) is 2.14. The maximum Gasteiger partial charge on any atom is 0.446 e. The average Bonchev–Trinajstić information content (AvgIpc) is 2.77. The Morgan fingerprint density at radius 2 is 2.18 bits per heavy atom. The number of benzene rings is 1. The molecule has 4 N–H and O–H groups in total. The van der Waals surface area contributed by atoms with Gasteiger partial charge >= 0.3 is 10.4 Å². The van der Waals surface area contributed by atoms with E-state index in [4.69, 9.17) is 10.4 Å². The molecule has 0 aliphatic heterocycles. The van der Waals surface area contributed by atoms with Gasteiger partial charge in [-0.3, -0.25) is 9.35 Å². The first kappa shape index (κ1) is 15.8. The molecule has 0 spiro atoms. The number of nitrogens with one attached hydrogen (secondary N) is 1. The van der Waals surface area contributed by atoms with Crippen LogP contribution in [-0.2, 0) is 17.4 Å². The van der Waals surface area contributed by atoms with Crippen molar-refractivity contribution in [3.8, 4) is 5.75 Å². The highest BCUT2D eigenvalue weighted by Crippen LogP contribution is 2.31. The molecule has 118 valence electrons. The first-order chi connectivity index (χ1) is 10.2. The lowest BCUT2D eigenvalue weighted by atomic mass is 10.1. The van der Waals surface area contributed by atoms with Gasteiger partial charge in [-0.15, -0.1) is 0 Å². The lowest BCUT2D eigenvalue weighted by Crippen LogP contribution is -2.24. The quantitative estimate of drug-likeness (QED) is 0.243. The summed E-state index contributed by atoms with van der Waals surface area (Å²) in [7, 11) is -3.11. The van der Waals surface area contributed by atoms with Crippen LogP contribution in [0.15, 0.2) is 23.3 Å². The summed E-state index contributed by atoms with van der Waals surface area (Å²) < 4.78 is 36.7. The van der Waals surface area contributed by atoms with E-state index in [2.05, 4.69) is 14.6 Å². The van der Waals surface area contributed by atoms with E-state index in [-0.39, 0.29) is 11.4 Å². The molecule has 0 saturated carbocycles. The number of hydrogen-bond acceptors (Lipinski definition) is 6. The van der Waals surface area contributed by atoms with Crippen LogP contribution in [0.5, 0.6) is 5.75 Å². The minimum atomic E-state index is -4.67. The first-order valence-electron chi connectivity index (χ1n) is 6.03. The molecule has 0 aliphatic rings. The largest absolute Gasteiger partial charge is 0.446 e. The number of rotatable bonds is 4. The van der Waals surface area contributed by atoms with Crippen LogP contribution >= 0.6 is 0 Å². The normalized spacial score (nSPS) is 12.0. The summed E-state index contributed by atoms with van der Waals surface area (Å²) in [5.74, 6) is 4.35. The van der Waals surface area contributed by atoms with Crippen molar-refractivity contribution in [2.24, 2.45) is 18.0 Å². The third-order valence-electron chi connectivity index (χ3n) is 3.07. The highest BCUT2D eigenvalue weighted by atomic mass is 32.3. The van der Waals surface area contributed by atoms with Crippen LogP contribution in [0.3, 0.4) is 0 Å². The molecule has 0 saturated heterocycles. The van der Waals surface area contributed by atoms with Gasteiger partial charge in [0.25, 0.3) is 5.91 Å². The predicted molar refractivity (Wildman–Crippen MR) is 80.0 cm³/mol. The number of fused-ring (bicyclic) bond motifs is 1. The molecule has 9 nitrogen and oxygen atoms in total. The number of hydrazone groups is 1. The van der Waals surface area contributed by atoms with Crippen molar-refractivity contribution in [2.75, 3.05) is 0 Å². The van der Waals surface area contributed by atoms with E-state index in [0.29, 0.717) is 10.9 Å². The van der Waals surface area contributed by atoms with Gasteiger partial charge in [0.15, 0.2) is 5.75 Å². The molecule has 0 fully saturated rings. The average molecular weight is 326 g/mol. The summed E-state index contributed by atoms with van der Waals surface area (Å²) in [6.45, 7) is 1.79. The second-order valence-corrected chi connectivity index (χ2v) is 5.52. The number of aromatic nitrogens is 1. The molecular weight excluding hydrogens is 312 g/mol. The number of nitrogens with zero attached hydrogens (tertiary/aromatic N) is 2. The summed E-state index contributed by atoms with van der Waals surface area (Å²) in [5.41, 5.74) is 1.40. The zero-order valence-electron chi connectivity index (χ0n) is 11.8. The Morgan fingerprint density at radius 1 is 1.50 bits per heavy atom. The highest BCUT2D eigenvalue weighted by molar-refractivity contribution is 7.81. The Hall–Kier alpha value is -2.59. The van der Waals surface area contributed by atoms with Gasteiger partial charge in [-0.25, -0.2) is 0 Å². The Bertz CT molecular complexity index is 869. The molecule has 0 atom stereocenters. The van der Waals surface area contributed by atoms with Gasteiger partial charge in [0, 0.05) is 12.4 Å². The summed E-state index contributed by atoms with van der Waals surface area (Å²) >= 11 is 0. The third kappa shape index (κ3) is 3.02. The molecule has 22 heavy (non-hydrogen) atoms. The summed E-state index contributed by atoms with van der Waals surface area (Å²) in [4.78, 5) is 12.0. The van der Waals surface area contributed by atoms with E-state index < -0.39 is 16.3 Å². The molecule has 1 amide bonds. The zero-order chi connectivity index (χ0) is 16.5. The van der Waals surface area contributed by atoms with Gasteiger partial charge in [0.1, 0.15) is 12.0 Å². The van der Waals surface area contributed by atoms with E-state index in [1.807, 2.05) is 0 Å². The molecule has 10 heteroatoms. The molecule has 1 aromatic heterocycles. The van der Waals surface area contributed by atoms with Crippen molar-refractivity contribution in [1.82, 2.24) is 9.88 Å². The number of amides is 1. The summed E-state index contributed by atoms with van der Waals surface area (Å²) in [6.07, 6.45) is 1.03. The number of carbonyl (C=O) groups is 1. The summed E-state index contributed by atoms with van der Waals surface area (Å²) in [5, 5.41) is 6.13. The van der Waals surface area contributed by atoms with Crippen LogP contribution in [0.2, 0.25) is 0 Å². The van der Waals surface area contributed by atoms with Crippen LogP contribution in [0, 0.1) is 6.92 Å². The zero-order valence-corrected chi connectivity index (χ0v) is 12.6. The molecule has 0 radical (unpaired) electrons. The third-order valence-corrected chi connectivity index (χ3v) is 3.46. The molecule has 2 aromatic rings. The van der Waals surface area contributed by atoms with Crippen LogP contribution in [0.4, 0.5) is 0 Å². The fourth-order valence-corrected chi connectivity index (χ4v) is 2.50. The van der Waals surface area contributed by atoms with E-state index >= 15 is 0 Å². The lowest BCUT2D eigenvalue weighted by molar-refractivity contribution is 0.0971. The van der Waals surface area contributed by atoms with Gasteiger partial charge in [-0.1, -0.05) is 6.07 Å². The molecule has 0 aliphatic carbocycles. The Morgan fingerprint density at radius 3 is 2.77 bits per heavy atom. The van der Waals surface area contributed by atoms with Gasteiger partial charge in [-0.2, -0.15) is 13.5 Å². The predicted octanol–water partition coefficient (Wildman–Crippen LogP) is 0.300. The number of carbonyl (C=O) groups excluding carboxylic acids is 1. The van der Waals surface area contributed by atoms with E-state index in [9.17, 15) is 13.2 Å². The molecule has 1 aromatic carbocycles. The van der Waals surface area contributed by atoms with Crippen molar-refractivity contribution in [1.29, 1.82) is 0 Å². The highest BCUT2D eigenvalue weighted by Gasteiger charge is 2.19. The van der Waals surface area contributed by atoms with Crippen molar-refractivity contribution in [3.63, 3.8) is 0 Å². The monoisotopic (exact) mass is 326 g/mol. The first-order valence-corrected chi connectivity index (χ1v) is 7.39. The van der Waals surface area contributed by atoms with Crippen LogP contribution in [-0.4, -0.2) is 29.8 Å². The maximum absolute atomic E-state index is 12.0. The van der Waals surface area contributed by atoms with Gasteiger partial charge in [0.05, 0.1) is 5.52 Å². The smallest absolute Gasteiger partial charge is 0.360 e. The SMILES string of the molecule is Cc1ccc(OS(=O)(=O)O)c2c1cc(C(=O)NC=NN)n2C. The van der Waals surface area contributed by atoms with Gasteiger partial charge < -0.3 is 19.9 Å². The second kappa shape index (κ2) is 5.66. The fraction of sp³-hybridized carbons (Fsp3) is 0.167. The Labute approximate surface area is 126 Å². The minimum Gasteiger partial charge on any atom is -0.360 e. The number of aryl methyl sites for hydroxylation is 2.